The van der Waals surface area contributed by atoms with E-state index in [4.69, 9.17) is 11.6 Å². The highest BCUT2D eigenvalue weighted by molar-refractivity contribution is 7.14. The third-order valence-electron chi connectivity index (χ3n) is 2.61. The summed E-state index contributed by atoms with van der Waals surface area (Å²) in [5.41, 5.74) is -0.577. The van der Waals surface area contributed by atoms with Crippen molar-refractivity contribution in [3.8, 4) is 0 Å². The minimum absolute atomic E-state index is 0.350. The fourth-order valence-corrected chi connectivity index (χ4v) is 2.49. The van der Waals surface area contributed by atoms with Crippen LogP contribution < -0.4 is 5.32 Å². The maximum absolute atomic E-state index is 11.5. The smallest absolute Gasteiger partial charge is 0.333 e. The number of rotatable bonds is 4. The first-order valence-electron chi connectivity index (χ1n) is 5.20. The number of anilines is 1. The molecule has 0 aliphatic rings. The van der Waals surface area contributed by atoms with Gasteiger partial charge in [0.2, 0.25) is 0 Å². The van der Waals surface area contributed by atoms with Crippen LogP contribution in [-0.4, -0.2) is 16.1 Å². The van der Waals surface area contributed by atoms with Crippen molar-refractivity contribution in [1.29, 1.82) is 0 Å². The zero-order chi connectivity index (χ0) is 13.2. The Hall–Kier alpha value is -1.59. The number of benzene rings is 1. The number of halogens is 1. The molecule has 0 fully saturated rings. The highest BCUT2D eigenvalue weighted by Gasteiger charge is 2.35. The molecule has 0 aliphatic carbocycles. The second kappa shape index (κ2) is 4.96. The van der Waals surface area contributed by atoms with Crippen LogP contribution >= 0.6 is 22.9 Å². The van der Waals surface area contributed by atoms with E-state index in [2.05, 4.69) is 10.3 Å². The van der Waals surface area contributed by atoms with Crippen molar-refractivity contribution in [3.63, 3.8) is 0 Å². The van der Waals surface area contributed by atoms with Gasteiger partial charge in [0.15, 0.2) is 10.7 Å². The number of carboxylic acids is 1. The van der Waals surface area contributed by atoms with Crippen LogP contribution in [0.2, 0.25) is 5.15 Å². The monoisotopic (exact) mass is 282 g/mol. The van der Waals surface area contributed by atoms with Gasteiger partial charge in [-0.3, -0.25) is 0 Å². The summed E-state index contributed by atoms with van der Waals surface area (Å²) in [4.78, 5) is 15.5. The quantitative estimate of drug-likeness (QED) is 0.904. The van der Waals surface area contributed by atoms with Gasteiger partial charge in [-0.25, -0.2) is 9.78 Å². The van der Waals surface area contributed by atoms with E-state index in [-0.39, 0.29) is 0 Å². The molecule has 0 spiro atoms. The minimum atomic E-state index is -1.23. The molecule has 4 nitrogen and oxygen atoms in total. The van der Waals surface area contributed by atoms with Gasteiger partial charge >= 0.3 is 5.97 Å². The second-order valence-corrected chi connectivity index (χ2v) is 5.14. The lowest BCUT2D eigenvalue weighted by molar-refractivity contribution is -0.142. The Morgan fingerprint density at radius 3 is 2.61 bits per heavy atom. The van der Waals surface area contributed by atoms with E-state index < -0.39 is 11.5 Å². The second-order valence-electron chi connectivity index (χ2n) is 3.90. The van der Waals surface area contributed by atoms with Crippen molar-refractivity contribution in [2.45, 2.75) is 12.5 Å². The third-order valence-corrected chi connectivity index (χ3v) is 3.69. The summed E-state index contributed by atoms with van der Waals surface area (Å²) in [7, 11) is 0. The highest BCUT2D eigenvalue weighted by atomic mass is 35.5. The van der Waals surface area contributed by atoms with Gasteiger partial charge in [-0.15, -0.1) is 11.3 Å². The zero-order valence-electron chi connectivity index (χ0n) is 9.55. The lowest BCUT2D eigenvalue weighted by Gasteiger charge is -2.26. The van der Waals surface area contributed by atoms with Crippen LogP contribution in [0.4, 0.5) is 5.13 Å². The first-order chi connectivity index (χ1) is 8.52. The largest absolute Gasteiger partial charge is 0.479 e. The van der Waals surface area contributed by atoms with Crippen LogP contribution in [0, 0.1) is 0 Å². The van der Waals surface area contributed by atoms with Gasteiger partial charge in [-0.05, 0) is 12.5 Å². The molecule has 2 aromatic rings. The Bertz CT molecular complexity index is 558. The summed E-state index contributed by atoms with van der Waals surface area (Å²) in [5, 5.41) is 14.8. The molecule has 1 aromatic carbocycles. The number of hydrogen-bond acceptors (Lipinski definition) is 4. The fourth-order valence-electron chi connectivity index (χ4n) is 1.55. The maximum atomic E-state index is 11.5. The van der Waals surface area contributed by atoms with Gasteiger partial charge in [0.1, 0.15) is 5.15 Å². The number of nitrogens with one attached hydrogen (secondary N) is 1. The standard InChI is InChI=1S/C12H11ClN2O2S/c1-12(10(16)17,8-5-3-2-4-6-8)15-11-14-9(13)7-18-11/h2-7H,1H3,(H,14,15)(H,16,17). The van der Waals surface area contributed by atoms with E-state index in [1.807, 2.05) is 6.07 Å². The Kier molecular flexibility index (Phi) is 3.54. The number of carboxylic acid groups (broad SMARTS) is 1. The van der Waals surface area contributed by atoms with Crippen LogP contribution in [0.1, 0.15) is 12.5 Å². The molecule has 0 saturated heterocycles. The number of nitrogens with zero attached hydrogens (tertiary/aromatic N) is 1. The molecule has 1 atom stereocenters. The van der Waals surface area contributed by atoms with Crippen molar-refractivity contribution < 1.29 is 9.90 Å². The summed E-state index contributed by atoms with van der Waals surface area (Å²) in [5.74, 6) is -0.972. The SMILES string of the molecule is CC(Nc1nc(Cl)cs1)(C(=O)O)c1ccccc1. The molecular weight excluding hydrogens is 272 g/mol. The van der Waals surface area contributed by atoms with E-state index in [9.17, 15) is 9.90 Å². The van der Waals surface area contributed by atoms with Gasteiger partial charge in [-0.1, -0.05) is 41.9 Å². The average molecular weight is 283 g/mol. The Morgan fingerprint density at radius 2 is 2.11 bits per heavy atom. The molecule has 0 radical (unpaired) electrons. The molecule has 0 bridgehead atoms. The van der Waals surface area contributed by atoms with E-state index in [0.717, 1.165) is 0 Å². The van der Waals surface area contributed by atoms with Gasteiger partial charge in [0, 0.05) is 5.38 Å². The molecule has 1 unspecified atom stereocenters. The summed E-state index contributed by atoms with van der Waals surface area (Å²) in [6.07, 6.45) is 0. The maximum Gasteiger partial charge on any atom is 0.333 e. The molecule has 94 valence electrons. The normalized spacial score (nSPS) is 13.9. The van der Waals surface area contributed by atoms with Crippen LogP contribution in [-0.2, 0) is 10.3 Å². The Labute approximate surface area is 113 Å². The first kappa shape index (κ1) is 12.9. The molecule has 0 aliphatic heterocycles. The molecule has 18 heavy (non-hydrogen) atoms. The van der Waals surface area contributed by atoms with Gasteiger partial charge < -0.3 is 10.4 Å². The predicted octanol–water partition coefficient (Wildman–Crippen LogP) is 3.21. The summed E-state index contributed by atoms with van der Waals surface area (Å²) >= 11 is 7.00. The van der Waals surface area contributed by atoms with E-state index >= 15 is 0 Å². The lowest BCUT2D eigenvalue weighted by atomic mass is 9.92. The molecule has 6 heteroatoms. The Morgan fingerprint density at radius 1 is 1.44 bits per heavy atom. The van der Waals surface area contributed by atoms with Gasteiger partial charge in [0.05, 0.1) is 0 Å². The van der Waals surface area contributed by atoms with Gasteiger partial charge in [0.25, 0.3) is 0 Å². The number of aromatic nitrogens is 1. The number of carbonyl (C=O) groups is 1. The zero-order valence-corrected chi connectivity index (χ0v) is 11.1. The molecule has 0 saturated carbocycles. The number of aliphatic carboxylic acids is 1. The third kappa shape index (κ3) is 2.47. The number of thiazole rings is 1. The molecule has 0 amide bonds. The van der Waals surface area contributed by atoms with Crippen LogP contribution in [0.5, 0.6) is 0 Å². The molecule has 1 aromatic heterocycles. The number of hydrogen-bond donors (Lipinski definition) is 2. The topological polar surface area (TPSA) is 62.2 Å². The van der Waals surface area contributed by atoms with E-state index in [1.54, 1.807) is 36.6 Å². The van der Waals surface area contributed by atoms with Crippen LogP contribution in [0.25, 0.3) is 0 Å². The van der Waals surface area contributed by atoms with Crippen molar-refractivity contribution in [3.05, 3.63) is 46.4 Å². The van der Waals surface area contributed by atoms with Crippen molar-refractivity contribution in [2.24, 2.45) is 0 Å². The Balaban J connectivity index is 2.36. The summed E-state index contributed by atoms with van der Waals surface area (Å²) < 4.78 is 0. The molecule has 2 N–H and O–H groups in total. The molecule has 1 heterocycles. The van der Waals surface area contributed by atoms with Crippen molar-refractivity contribution >= 4 is 34.0 Å². The minimum Gasteiger partial charge on any atom is -0.479 e. The van der Waals surface area contributed by atoms with Crippen LogP contribution in [0.3, 0.4) is 0 Å². The van der Waals surface area contributed by atoms with E-state index in [1.165, 1.54) is 11.3 Å². The van der Waals surface area contributed by atoms with Crippen LogP contribution in [0.15, 0.2) is 35.7 Å². The predicted molar refractivity (Wildman–Crippen MR) is 72.2 cm³/mol. The fraction of sp³-hybridized carbons (Fsp3) is 0.167. The molecule has 2 rings (SSSR count). The first-order valence-corrected chi connectivity index (χ1v) is 6.46. The highest BCUT2D eigenvalue weighted by Crippen LogP contribution is 2.29. The lowest BCUT2D eigenvalue weighted by Crippen LogP contribution is -2.40. The van der Waals surface area contributed by atoms with E-state index in [0.29, 0.717) is 15.8 Å². The van der Waals surface area contributed by atoms with Gasteiger partial charge in [-0.2, -0.15) is 0 Å². The van der Waals surface area contributed by atoms with Crippen molar-refractivity contribution in [2.75, 3.05) is 5.32 Å². The average Bonchev–Trinajstić information content (AvgIpc) is 2.75. The van der Waals surface area contributed by atoms with Crippen molar-refractivity contribution in [1.82, 2.24) is 4.98 Å². The molecular formula is C12H11ClN2O2S. The summed E-state index contributed by atoms with van der Waals surface area (Å²) in [6.45, 7) is 1.60. The summed E-state index contributed by atoms with van der Waals surface area (Å²) in [6, 6.07) is 8.96.